The zero-order valence-corrected chi connectivity index (χ0v) is 11.9. The normalized spacial score (nSPS) is 15.1. The van der Waals surface area contributed by atoms with Gasteiger partial charge in [0.2, 0.25) is 0 Å². The molecular formula is C17H12F3NO2. The summed E-state index contributed by atoms with van der Waals surface area (Å²) in [6.07, 6.45) is -3.69. The van der Waals surface area contributed by atoms with Gasteiger partial charge < -0.3 is 4.84 Å². The number of benzene rings is 2. The Kier molecular flexibility index (Phi) is 3.90. The molecule has 2 aromatic rings. The molecule has 3 rings (SSSR count). The average molecular weight is 319 g/mol. The minimum atomic E-state index is -4.40. The van der Waals surface area contributed by atoms with Gasteiger partial charge in [0.1, 0.15) is 5.71 Å². The van der Waals surface area contributed by atoms with Crippen LogP contribution in [-0.2, 0) is 22.2 Å². The number of rotatable bonds is 1. The molecule has 118 valence electrons. The molecule has 0 aromatic heterocycles. The van der Waals surface area contributed by atoms with Crippen molar-refractivity contribution in [1.82, 2.24) is 0 Å². The Morgan fingerprint density at radius 1 is 0.957 bits per heavy atom. The fourth-order valence-corrected chi connectivity index (χ4v) is 2.42. The van der Waals surface area contributed by atoms with Crippen molar-refractivity contribution in [2.24, 2.45) is 5.16 Å². The van der Waals surface area contributed by atoms with E-state index in [-0.39, 0.29) is 6.42 Å². The summed E-state index contributed by atoms with van der Waals surface area (Å²) in [5.41, 5.74) is 1.73. The number of hydrogen-bond donors (Lipinski definition) is 0. The number of nitrogens with zero attached hydrogens (tertiary/aromatic N) is 1. The molecule has 1 aliphatic rings. The molecule has 6 heteroatoms. The minimum absolute atomic E-state index is 0.209. The van der Waals surface area contributed by atoms with Gasteiger partial charge in [0, 0.05) is 11.1 Å². The van der Waals surface area contributed by atoms with Gasteiger partial charge in [-0.1, -0.05) is 41.6 Å². The lowest BCUT2D eigenvalue weighted by atomic mass is 9.94. The number of fused-ring (bicyclic) bond motifs is 1. The van der Waals surface area contributed by atoms with Crippen molar-refractivity contribution in [3.05, 3.63) is 70.8 Å². The molecule has 0 N–H and O–H groups in total. The van der Waals surface area contributed by atoms with Crippen LogP contribution in [0.3, 0.4) is 0 Å². The molecule has 3 nitrogen and oxygen atoms in total. The number of aryl methyl sites for hydroxylation is 1. The van der Waals surface area contributed by atoms with E-state index in [2.05, 4.69) is 5.16 Å². The highest BCUT2D eigenvalue weighted by Gasteiger charge is 2.30. The summed E-state index contributed by atoms with van der Waals surface area (Å²) in [5.74, 6) is -0.469. The Labute approximate surface area is 130 Å². The maximum atomic E-state index is 12.7. The predicted molar refractivity (Wildman–Crippen MR) is 77.9 cm³/mol. The average Bonchev–Trinajstić information content (AvgIpc) is 2.52. The highest BCUT2D eigenvalue weighted by Crippen LogP contribution is 2.30. The molecule has 0 atom stereocenters. The highest BCUT2D eigenvalue weighted by atomic mass is 19.4. The Bertz CT molecular complexity index is 764. The largest absolute Gasteiger partial charge is 0.416 e. The van der Waals surface area contributed by atoms with Crippen LogP contribution >= 0.6 is 0 Å². The zero-order chi connectivity index (χ0) is 16.4. The van der Waals surface area contributed by atoms with E-state index in [1.807, 2.05) is 24.3 Å². The van der Waals surface area contributed by atoms with Crippen LogP contribution in [0.2, 0.25) is 0 Å². The monoisotopic (exact) mass is 319 g/mol. The van der Waals surface area contributed by atoms with Gasteiger partial charge in [0.15, 0.2) is 0 Å². The van der Waals surface area contributed by atoms with Crippen molar-refractivity contribution in [3.8, 4) is 0 Å². The van der Waals surface area contributed by atoms with Gasteiger partial charge in [-0.05, 0) is 24.1 Å². The predicted octanol–water partition coefficient (Wildman–Crippen LogP) is 3.95. The van der Waals surface area contributed by atoms with E-state index in [4.69, 9.17) is 4.84 Å². The fourth-order valence-electron chi connectivity index (χ4n) is 2.42. The molecule has 1 aliphatic heterocycles. The lowest BCUT2D eigenvalue weighted by Crippen LogP contribution is -2.15. The van der Waals surface area contributed by atoms with Gasteiger partial charge in [-0.3, -0.25) is 0 Å². The Hall–Kier alpha value is -2.63. The molecule has 0 bridgehead atoms. The van der Waals surface area contributed by atoms with E-state index < -0.39 is 17.7 Å². The quantitative estimate of drug-likeness (QED) is 0.747. The molecule has 0 saturated heterocycles. The van der Waals surface area contributed by atoms with Crippen molar-refractivity contribution >= 4 is 11.7 Å². The Morgan fingerprint density at radius 3 is 2.35 bits per heavy atom. The zero-order valence-electron chi connectivity index (χ0n) is 11.9. The molecule has 0 saturated carbocycles. The second-order valence-electron chi connectivity index (χ2n) is 5.14. The van der Waals surface area contributed by atoms with Gasteiger partial charge in [-0.2, -0.15) is 13.2 Å². The third kappa shape index (κ3) is 3.26. The van der Waals surface area contributed by atoms with Crippen LogP contribution in [0, 0.1) is 0 Å². The van der Waals surface area contributed by atoms with Gasteiger partial charge in [-0.25, -0.2) is 4.79 Å². The van der Waals surface area contributed by atoms with E-state index in [0.717, 1.165) is 23.3 Å². The van der Waals surface area contributed by atoms with Crippen LogP contribution in [0.25, 0.3) is 0 Å². The summed E-state index contributed by atoms with van der Waals surface area (Å²) in [6, 6.07) is 12.0. The second-order valence-corrected chi connectivity index (χ2v) is 5.14. The summed E-state index contributed by atoms with van der Waals surface area (Å²) < 4.78 is 38.0. The molecule has 0 radical (unpaired) electrons. The molecule has 23 heavy (non-hydrogen) atoms. The van der Waals surface area contributed by atoms with Crippen LogP contribution in [0.5, 0.6) is 0 Å². The van der Waals surface area contributed by atoms with E-state index in [1.165, 1.54) is 12.1 Å². The van der Waals surface area contributed by atoms with Crippen LogP contribution in [0.15, 0.2) is 53.7 Å². The lowest BCUT2D eigenvalue weighted by molar-refractivity contribution is -0.143. The van der Waals surface area contributed by atoms with Crippen molar-refractivity contribution in [3.63, 3.8) is 0 Å². The molecule has 1 heterocycles. The van der Waals surface area contributed by atoms with Crippen molar-refractivity contribution < 1.29 is 22.8 Å². The number of hydrogen-bond acceptors (Lipinski definition) is 3. The maximum absolute atomic E-state index is 12.7. The van der Waals surface area contributed by atoms with E-state index in [0.29, 0.717) is 17.7 Å². The molecule has 0 fully saturated rings. The van der Waals surface area contributed by atoms with Crippen LogP contribution in [0.1, 0.15) is 28.7 Å². The smallest absolute Gasteiger partial charge is 0.318 e. The first-order chi connectivity index (χ1) is 10.9. The number of carbonyl (C=O) groups is 1. The summed E-state index contributed by atoms with van der Waals surface area (Å²) in [4.78, 5) is 16.4. The van der Waals surface area contributed by atoms with Crippen LogP contribution in [0.4, 0.5) is 13.2 Å². The molecule has 0 amide bonds. The standard InChI is InChI=1S/C17H12F3NO2/c18-17(19,20)13-8-5-12(6-9-13)16-14-4-2-1-3-11(14)7-10-15(22)23-21-16/h1-6,8-9H,7,10H2. The SMILES string of the molecule is O=C1CCc2ccccc2C(c2ccc(C(F)(F)F)cc2)=NO1. The molecule has 0 spiro atoms. The van der Waals surface area contributed by atoms with E-state index in [1.54, 1.807) is 0 Å². The third-order valence-corrected chi connectivity index (χ3v) is 3.60. The molecule has 0 aliphatic carbocycles. The van der Waals surface area contributed by atoms with Gasteiger partial charge in [-0.15, -0.1) is 0 Å². The number of halogens is 3. The van der Waals surface area contributed by atoms with Crippen molar-refractivity contribution in [2.75, 3.05) is 0 Å². The van der Waals surface area contributed by atoms with E-state index in [9.17, 15) is 18.0 Å². The first-order valence-electron chi connectivity index (χ1n) is 6.99. The Morgan fingerprint density at radius 2 is 1.65 bits per heavy atom. The molecule has 2 aromatic carbocycles. The van der Waals surface area contributed by atoms with Crippen LogP contribution in [-0.4, -0.2) is 11.7 Å². The number of alkyl halides is 3. The number of carbonyl (C=O) groups excluding carboxylic acids is 1. The summed E-state index contributed by atoms with van der Waals surface area (Å²) in [7, 11) is 0. The van der Waals surface area contributed by atoms with Gasteiger partial charge >= 0.3 is 12.1 Å². The molecular weight excluding hydrogens is 307 g/mol. The van der Waals surface area contributed by atoms with Crippen LogP contribution < -0.4 is 0 Å². The van der Waals surface area contributed by atoms with Gasteiger partial charge in [0.05, 0.1) is 12.0 Å². The Balaban J connectivity index is 2.06. The van der Waals surface area contributed by atoms with Crippen molar-refractivity contribution in [2.45, 2.75) is 19.0 Å². The number of oxime groups is 1. The fraction of sp³-hybridized carbons (Fsp3) is 0.176. The second kappa shape index (κ2) is 5.87. The summed E-state index contributed by atoms with van der Waals surface area (Å²) in [6.45, 7) is 0. The summed E-state index contributed by atoms with van der Waals surface area (Å²) >= 11 is 0. The first-order valence-corrected chi connectivity index (χ1v) is 6.99. The lowest BCUT2D eigenvalue weighted by Gasteiger charge is -2.15. The highest BCUT2D eigenvalue weighted by molar-refractivity contribution is 6.13. The van der Waals surface area contributed by atoms with Gasteiger partial charge in [0.25, 0.3) is 0 Å². The topological polar surface area (TPSA) is 38.7 Å². The van der Waals surface area contributed by atoms with E-state index >= 15 is 0 Å². The minimum Gasteiger partial charge on any atom is -0.318 e. The summed E-state index contributed by atoms with van der Waals surface area (Å²) in [5, 5.41) is 3.85. The maximum Gasteiger partial charge on any atom is 0.416 e. The van der Waals surface area contributed by atoms with Crippen molar-refractivity contribution in [1.29, 1.82) is 0 Å². The third-order valence-electron chi connectivity index (χ3n) is 3.60. The first kappa shape index (κ1) is 15.3. The molecule has 0 unspecified atom stereocenters.